The lowest BCUT2D eigenvalue weighted by atomic mass is 10.1. The van der Waals surface area contributed by atoms with Gasteiger partial charge < -0.3 is 15.5 Å². The molecule has 1 aromatic heterocycles. The number of nitrogens with zero attached hydrogens (tertiary/aromatic N) is 3. The maximum atomic E-state index is 12.4. The third-order valence-electron chi connectivity index (χ3n) is 4.39. The molecule has 108 valence electrons. The van der Waals surface area contributed by atoms with Crippen molar-refractivity contribution < 1.29 is 4.79 Å². The molecule has 3 rings (SSSR count). The summed E-state index contributed by atoms with van der Waals surface area (Å²) < 4.78 is 0. The number of carbonyl (C=O) groups excluding carboxylic acids is 1. The van der Waals surface area contributed by atoms with Gasteiger partial charge in [-0.1, -0.05) is 6.07 Å². The Balaban J connectivity index is 1.55. The minimum absolute atomic E-state index is 0.159. The van der Waals surface area contributed by atoms with E-state index in [1.54, 1.807) is 0 Å². The normalized spacial score (nSPS) is 26.9. The molecule has 2 aliphatic rings. The first kappa shape index (κ1) is 13.4. The summed E-state index contributed by atoms with van der Waals surface area (Å²) in [6.07, 6.45) is 4.62. The molecule has 0 spiro atoms. The summed E-state index contributed by atoms with van der Waals surface area (Å²) in [6.45, 7) is 3.31. The van der Waals surface area contributed by atoms with Gasteiger partial charge in [-0.3, -0.25) is 4.79 Å². The Morgan fingerprint density at radius 2 is 2.00 bits per heavy atom. The zero-order valence-corrected chi connectivity index (χ0v) is 11.7. The Morgan fingerprint density at radius 3 is 2.60 bits per heavy atom. The minimum atomic E-state index is 0.159. The predicted octanol–water partition coefficient (Wildman–Crippen LogP) is 0.858. The Morgan fingerprint density at radius 1 is 1.20 bits per heavy atom. The van der Waals surface area contributed by atoms with Crippen molar-refractivity contribution in [3.05, 3.63) is 24.4 Å². The van der Waals surface area contributed by atoms with E-state index in [-0.39, 0.29) is 12.0 Å². The Hall–Kier alpha value is -1.62. The molecule has 5 heteroatoms. The second-order valence-electron chi connectivity index (χ2n) is 5.77. The standard InChI is InChI=1S/C15H22N4O/c16-13-5-4-12(11-13)15(20)19-9-7-18(8-10-19)14-3-1-2-6-17-14/h1-3,6,12-13H,4-5,7-11,16H2. The van der Waals surface area contributed by atoms with Gasteiger partial charge in [-0.05, 0) is 31.4 Å². The van der Waals surface area contributed by atoms with Crippen LogP contribution in [0.3, 0.4) is 0 Å². The highest BCUT2D eigenvalue weighted by Gasteiger charge is 2.32. The molecule has 2 heterocycles. The summed E-state index contributed by atoms with van der Waals surface area (Å²) in [4.78, 5) is 21.0. The molecule has 1 saturated heterocycles. The molecule has 1 aliphatic carbocycles. The fraction of sp³-hybridized carbons (Fsp3) is 0.600. The number of pyridine rings is 1. The van der Waals surface area contributed by atoms with E-state index in [1.165, 1.54) is 0 Å². The van der Waals surface area contributed by atoms with Crippen LogP contribution < -0.4 is 10.6 Å². The molecule has 1 aliphatic heterocycles. The van der Waals surface area contributed by atoms with Crippen molar-refractivity contribution in [3.8, 4) is 0 Å². The van der Waals surface area contributed by atoms with Crippen molar-refractivity contribution in [2.75, 3.05) is 31.1 Å². The molecular weight excluding hydrogens is 252 g/mol. The number of amides is 1. The summed E-state index contributed by atoms with van der Waals surface area (Å²) in [6, 6.07) is 6.17. The molecule has 5 nitrogen and oxygen atoms in total. The van der Waals surface area contributed by atoms with E-state index in [0.29, 0.717) is 5.91 Å². The second kappa shape index (κ2) is 5.79. The maximum absolute atomic E-state index is 12.4. The molecule has 0 aromatic carbocycles. The first-order valence-corrected chi connectivity index (χ1v) is 7.44. The van der Waals surface area contributed by atoms with Gasteiger partial charge >= 0.3 is 0 Å². The van der Waals surface area contributed by atoms with E-state index in [4.69, 9.17) is 5.73 Å². The summed E-state index contributed by atoms with van der Waals surface area (Å²) in [5.41, 5.74) is 5.90. The highest BCUT2D eigenvalue weighted by Crippen LogP contribution is 2.26. The van der Waals surface area contributed by atoms with Gasteiger partial charge in [-0.25, -0.2) is 4.98 Å². The smallest absolute Gasteiger partial charge is 0.225 e. The zero-order chi connectivity index (χ0) is 13.9. The summed E-state index contributed by atoms with van der Waals surface area (Å²) >= 11 is 0. The van der Waals surface area contributed by atoms with Gasteiger partial charge in [0.05, 0.1) is 0 Å². The van der Waals surface area contributed by atoms with Crippen LogP contribution in [0.5, 0.6) is 0 Å². The number of nitrogens with two attached hydrogens (primary N) is 1. The molecule has 1 aromatic rings. The third kappa shape index (κ3) is 2.77. The van der Waals surface area contributed by atoms with Crippen LogP contribution in [0.4, 0.5) is 5.82 Å². The number of anilines is 1. The average Bonchev–Trinajstić information content (AvgIpc) is 2.94. The van der Waals surface area contributed by atoms with Gasteiger partial charge in [0.1, 0.15) is 5.82 Å². The summed E-state index contributed by atoms with van der Waals surface area (Å²) in [5.74, 6) is 1.47. The predicted molar refractivity (Wildman–Crippen MR) is 78.3 cm³/mol. The highest BCUT2D eigenvalue weighted by atomic mass is 16.2. The van der Waals surface area contributed by atoms with E-state index in [0.717, 1.165) is 51.3 Å². The number of hydrogen-bond donors (Lipinski definition) is 1. The number of aromatic nitrogens is 1. The first-order chi connectivity index (χ1) is 9.74. The fourth-order valence-electron chi connectivity index (χ4n) is 3.20. The van der Waals surface area contributed by atoms with Crippen molar-refractivity contribution in [2.24, 2.45) is 11.7 Å². The van der Waals surface area contributed by atoms with Gasteiger partial charge in [0, 0.05) is 44.3 Å². The van der Waals surface area contributed by atoms with Crippen molar-refractivity contribution in [1.82, 2.24) is 9.88 Å². The van der Waals surface area contributed by atoms with Crippen LogP contribution in [0.2, 0.25) is 0 Å². The quantitative estimate of drug-likeness (QED) is 0.869. The lowest BCUT2D eigenvalue weighted by molar-refractivity contribution is -0.135. The number of rotatable bonds is 2. The lowest BCUT2D eigenvalue weighted by Crippen LogP contribution is -2.50. The average molecular weight is 274 g/mol. The van der Waals surface area contributed by atoms with Crippen LogP contribution in [0.1, 0.15) is 19.3 Å². The fourth-order valence-corrected chi connectivity index (χ4v) is 3.20. The molecule has 0 radical (unpaired) electrons. The van der Waals surface area contributed by atoms with Gasteiger partial charge in [-0.15, -0.1) is 0 Å². The Bertz CT molecular complexity index is 456. The van der Waals surface area contributed by atoms with E-state index >= 15 is 0 Å². The third-order valence-corrected chi connectivity index (χ3v) is 4.39. The molecule has 0 bridgehead atoms. The van der Waals surface area contributed by atoms with E-state index < -0.39 is 0 Å². The Kier molecular flexibility index (Phi) is 3.87. The minimum Gasteiger partial charge on any atom is -0.353 e. The van der Waals surface area contributed by atoms with Crippen molar-refractivity contribution in [2.45, 2.75) is 25.3 Å². The molecule has 2 unspecified atom stereocenters. The van der Waals surface area contributed by atoms with Gasteiger partial charge in [0.25, 0.3) is 0 Å². The molecule has 2 fully saturated rings. The van der Waals surface area contributed by atoms with Crippen molar-refractivity contribution >= 4 is 11.7 Å². The number of hydrogen-bond acceptors (Lipinski definition) is 4. The Labute approximate surface area is 119 Å². The number of piperazine rings is 1. The monoisotopic (exact) mass is 274 g/mol. The van der Waals surface area contributed by atoms with Gasteiger partial charge in [-0.2, -0.15) is 0 Å². The van der Waals surface area contributed by atoms with Crippen LogP contribution in [-0.2, 0) is 4.79 Å². The second-order valence-corrected chi connectivity index (χ2v) is 5.77. The summed E-state index contributed by atoms with van der Waals surface area (Å²) in [7, 11) is 0. The van der Waals surface area contributed by atoms with Crippen molar-refractivity contribution in [3.63, 3.8) is 0 Å². The molecule has 2 N–H and O–H groups in total. The lowest BCUT2D eigenvalue weighted by Gasteiger charge is -2.36. The highest BCUT2D eigenvalue weighted by molar-refractivity contribution is 5.79. The largest absolute Gasteiger partial charge is 0.353 e. The van der Waals surface area contributed by atoms with E-state index in [1.807, 2.05) is 29.3 Å². The van der Waals surface area contributed by atoms with E-state index in [9.17, 15) is 4.79 Å². The molecule has 20 heavy (non-hydrogen) atoms. The van der Waals surface area contributed by atoms with Crippen molar-refractivity contribution in [1.29, 1.82) is 0 Å². The molecule has 1 saturated carbocycles. The molecule has 2 atom stereocenters. The molecular formula is C15H22N4O. The van der Waals surface area contributed by atoms with Crippen LogP contribution >= 0.6 is 0 Å². The number of carbonyl (C=O) groups is 1. The topological polar surface area (TPSA) is 62.5 Å². The van der Waals surface area contributed by atoms with Crippen LogP contribution in [0.15, 0.2) is 24.4 Å². The van der Waals surface area contributed by atoms with Crippen LogP contribution in [-0.4, -0.2) is 48.0 Å². The van der Waals surface area contributed by atoms with Crippen LogP contribution in [0.25, 0.3) is 0 Å². The zero-order valence-electron chi connectivity index (χ0n) is 11.7. The van der Waals surface area contributed by atoms with Gasteiger partial charge in [0.15, 0.2) is 0 Å². The van der Waals surface area contributed by atoms with E-state index in [2.05, 4.69) is 9.88 Å². The van der Waals surface area contributed by atoms with Gasteiger partial charge in [0.2, 0.25) is 5.91 Å². The summed E-state index contributed by atoms with van der Waals surface area (Å²) in [5, 5.41) is 0. The maximum Gasteiger partial charge on any atom is 0.225 e. The van der Waals surface area contributed by atoms with Crippen LogP contribution in [0, 0.1) is 5.92 Å². The first-order valence-electron chi connectivity index (χ1n) is 7.44. The molecule has 1 amide bonds. The SMILES string of the molecule is NC1CCC(C(=O)N2CCN(c3ccccn3)CC2)C1.